The van der Waals surface area contributed by atoms with Crippen LogP contribution in [-0.4, -0.2) is 17.1 Å². The van der Waals surface area contributed by atoms with Crippen molar-refractivity contribution < 1.29 is 9.66 Å². The molecule has 2 unspecified atom stereocenters. The number of rotatable bonds is 4. The Kier molecular flexibility index (Phi) is 5.51. The molecule has 2 rings (SSSR count). The fourth-order valence-electron chi connectivity index (χ4n) is 2.52. The summed E-state index contributed by atoms with van der Waals surface area (Å²) in [5.74, 6) is 0. The number of nitro groups is 1. The van der Waals surface area contributed by atoms with Gasteiger partial charge in [-0.2, -0.15) is 0 Å². The van der Waals surface area contributed by atoms with E-state index < -0.39 is 4.92 Å². The van der Waals surface area contributed by atoms with E-state index in [1.165, 1.54) is 12.5 Å². The summed E-state index contributed by atoms with van der Waals surface area (Å²) >= 11 is 3.28. The zero-order valence-electron chi connectivity index (χ0n) is 11.3. The zero-order valence-corrected chi connectivity index (χ0v) is 12.8. The molecule has 110 valence electrons. The molecule has 5 nitrogen and oxygen atoms in total. The third kappa shape index (κ3) is 3.77. The van der Waals surface area contributed by atoms with Gasteiger partial charge in [0.1, 0.15) is 4.47 Å². The molecule has 1 fully saturated rings. The smallest absolute Gasteiger partial charge is 0.283 e. The summed E-state index contributed by atoms with van der Waals surface area (Å²) in [5.41, 5.74) is 6.97. The minimum atomic E-state index is -0.398. The lowest BCUT2D eigenvalue weighted by atomic mass is 10.1. The number of benzene rings is 1. The van der Waals surface area contributed by atoms with Gasteiger partial charge in [-0.1, -0.05) is 31.4 Å². The molecule has 1 saturated carbocycles. The van der Waals surface area contributed by atoms with E-state index in [1.807, 2.05) is 6.07 Å². The van der Waals surface area contributed by atoms with E-state index in [9.17, 15) is 10.1 Å². The minimum Gasteiger partial charge on any atom is -0.372 e. The van der Waals surface area contributed by atoms with Crippen LogP contribution in [-0.2, 0) is 11.3 Å². The third-order valence-corrected chi connectivity index (χ3v) is 4.63. The van der Waals surface area contributed by atoms with Gasteiger partial charge in [-0.05, 0) is 34.3 Å². The fourth-order valence-corrected chi connectivity index (χ4v) is 3.05. The highest BCUT2D eigenvalue weighted by Gasteiger charge is 2.22. The fraction of sp³-hybridized carbons (Fsp3) is 0.571. The molecule has 0 bridgehead atoms. The molecule has 6 heteroatoms. The van der Waals surface area contributed by atoms with Crippen LogP contribution in [0, 0.1) is 10.1 Å². The van der Waals surface area contributed by atoms with Crippen LogP contribution in [0.25, 0.3) is 0 Å². The van der Waals surface area contributed by atoms with Crippen LogP contribution in [0.4, 0.5) is 5.69 Å². The molecule has 0 spiro atoms. The normalized spacial score (nSPS) is 23.3. The lowest BCUT2D eigenvalue weighted by Gasteiger charge is -2.22. The van der Waals surface area contributed by atoms with Crippen molar-refractivity contribution in [2.75, 3.05) is 0 Å². The first-order valence-electron chi connectivity index (χ1n) is 6.88. The maximum atomic E-state index is 10.9. The molecule has 1 aliphatic rings. The van der Waals surface area contributed by atoms with Gasteiger partial charge in [0.25, 0.3) is 5.69 Å². The molecular formula is C14H19BrN2O3. The van der Waals surface area contributed by atoms with Gasteiger partial charge in [0, 0.05) is 12.1 Å². The Morgan fingerprint density at radius 2 is 2.10 bits per heavy atom. The van der Waals surface area contributed by atoms with Crippen molar-refractivity contribution in [3.63, 3.8) is 0 Å². The van der Waals surface area contributed by atoms with Crippen LogP contribution in [0.5, 0.6) is 0 Å². The number of halogens is 1. The van der Waals surface area contributed by atoms with Gasteiger partial charge in [-0.15, -0.1) is 0 Å². The first-order valence-corrected chi connectivity index (χ1v) is 7.68. The van der Waals surface area contributed by atoms with Gasteiger partial charge in [-0.25, -0.2) is 0 Å². The van der Waals surface area contributed by atoms with Gasteiger partial charge < -0.3 is 10.5 Å². The number of ether oxygens (including phenoxy) is 1. The number of hydrogen-bond acceptors (Lipinski definition) is 4. The highest BCUT2D eigenvalue weighted by Crippen LogP contribution is 2.29. The Balaban J connectivity index is 2.03. The van der Waals surface area contributed by atoms with E-state index >= 15 is 0 Å². The van der Waals surface area contributed by atoms with E-state index in [-0.39, 0.29) is 17.8 Å². The highest BCUT2D eigenvalue weighted by atomic mass is 79.9. The van der Waals surface area contributed by atoms with Crippen LogP contribution < -0.4 is 5.73 Å². The van der Waals surface area contributed by atoms with Crippen molar-refractivity contribution >= 4 is 21.6 Å². The van der Waals surface area contributed by atoms with Crippen LogP contribution >= 0.6 is 15.9 Å². The summed E-state index contributed by atoms with van der Waals surface area (Å²) in [6.07, 6.45) is 5.49. The second-order valence-electron chi connectivity index (χ2n) is 5.16. The molecule has 2 atom stereocenters. The molecule has 1 aliphatic carbocycles. The highest BCUT2D eigenvalue weighted by molar-refractivity contribution is 9.10. The molecule has 20 heavy (non-hydrogen) atoms. The molecule has 0 amide bonds. The Morgan fingerprint density at radius 1 is 1.35 bits per heavy atom. The van der Waals surface area contributed by atoms with Crippen LogP contribution in [0.1, 0.15) is 37.7 Å². The summed E-state index contributed by atoms with van der Waals surface area (Å²) in [5, 5.41) is 10.9. The van der Waals surface area contributed by atoms with Crippen molar-refractivity contribution in [2.45, 2.75) is 50.9 Å². The lowest BCUT2D eigenvalue weighted by Crippen LogP contribution is -2.35. The van der Waals surface area contributed by atoms with Crippen molar-refractivity contribution in [1.29, 1.82) is 0 Å². The minimum absolute atomic E-state index is 0.0451. The van der Waals surface area contributed by atoms with Crippen molar-refractivity contribution in [2.24, 2.45) is 5.73 Å². The van der Waals surface area contributed by atoms with Gasteiger partial charge in [0.2, 0.25) is 0 Å². The molecule has 1 aromatic carbocycles. The standard InChI is InChI=1S/C14H19BrN2O3/c15-14-10(5-4-7-12(14)17(18)19)9-20-13-8-3-1-2-6-11(13)16/h4-5,7,11,13H,1-3,6,8-9,16H2. The SMILES string of the molecule is NC1CCCCCC1OCc1cccc([N+](=O)[O-])c1Br. The van der Waals surface area contributed by atoms with E-state index in [2.05, 4.69) is 15.9 Å². The first kappa shape index (κ1) is 15.4. The molecule has 0 aromatic heterocycles. The van der Waals surface area contributed by atoms with Gasteiger partial charge in [0.15, 0.2) is 0 Å². The van der Waals surface area contributed by atoms with Gasteiger partial charge in [0.05, 0.1) is 17.6 Å². The average Bonchev–Trinajstić information content (AvgIpc) is 2.62. The predicted octanol–water partition coefficient (Wildman–Crippen LogP) is 3.53. The van der Waals surface area contributed by atoms with Gasteiger partial charge in [-0.3, -0.25) is 10.1 Å². The predicted molar refractivity (Wildman–Crippen MR) is 80.4 cm³/mol. The topological polar surface area (TPSA) is 78.4 Å². The number of nitrogens with zero attached hydrogens (tertiary/aromatic N) is 1. The second-order valence-corrected chi connectivity index (χ2v) is 5.95. The Hall–Kier alpha value is -0.980. The maximum absolute atomic E-state index is 10.9. The zero-order chi connectivity index (χ0) is 14.5. The monoisotopic (exact) mass is 342 g/mol. The van der Waals surface area contributed by atoms with Crippen molar-refractivity contribution in [1.82, 2.24) is 0 Å². The van der Waals surface area contributed by atoms with Crippen LogP contribution in [0.15, 0.2) is 22.7 Å². The quantitative estimate of drug-likeness (QED) is 0.515. The Bertz CT molecular complexity index is 481. The van der Waals surface area contributed by atoms with E-state index in [0.29, 0.717) is 11.1 Å². The number of nitrogens with two attached hydrogens (primary N) is 1. The summed E-state index contributed by atoms with van der Waals surface area (Å²) in [4.78, 5) is 10.5. The molecule has 0 heterocycles. The lowest BCUT2D eigenvalue weighted by molar-refractivity contribution is -0.385. The number of hydrogen-bond donors (Lipinski definition) is 1. The number of nitro benzene ring substituents is 1. The molecule has 2 N–H and O–H groups in total. The largest absolute Gasteiger partial charge is 0.372 e. The summed E-state index contributed by atoms with van der Waals surface area (Å²) in [7, 11) is 0. The van der Waals surface area contributed by atoms with Crippen LogP contribution in [0.3, 0.4) is 0 Å². The molecule has 1 aromatic rings. The maximum Gasteiger partial charge on any atom is 0.283 e. The first-order chi connectivity index (χ1) is 9.59. The summed E-state index contributed by atoms with van der Waals surface area (Å²) in [6.45, 7) is 0.348. The molecule has 0 radical (unpaired) electrons. The Morgan fingerprint density at radius 3 is 2.85 bits per heavy atom. The molecule has 0 saturated heterocycles. The molecular weight excluding hydrogens is 324 g/mol. The third-order valence-electron chi connectivity index (χ3n) is 3.71. The van der Waals surface area contributed by atoms with E-state index in [4.69, 9.17) is 10.5 Å². The second kappa shape index (κ2) is 7.15. The van der Waals surface area contributed by atoms with Crippen molar-refractivity contribution in [3.05, 3.63) is 38.3 Å². The van der Waals surface area contributed by atoms with Crippen molar-refractivity contribution in [3.8, 4) is 0 Å². The van der Waals surface area contributed by atoms with E-state index in [1.54, 1.807) is 6.07 Å². The molecule has 0 aliphatic heterocycles. The van der Waals surface area contributed by atoms with Gasteiger partial charge >= 0.3 is 0 Å². The van der Waals surface area contributed by atoms with E-state index in [0.717, 1.165) is 31.2 Å². The average molecular weight is 343 g/mol. The summed E-state index contributed by atoms with van der Waals surface area (Å²) < 4.78 is 6.39. The summed E-state index contributed by atoms with van der Waals surface area (Å²) in [6, 6.07) is 5.05. The Labute approximate surface area is 126 Å². The van der Waals surface area contributed by atoms with Crippen LogP contribution in [0.2, 0.25) is 0 Å².